The van der Waals surface area contributed by atoms with E-state index >= 15 is 0 Å². The molecule has 0 heterocycles. The Kier molecular flexibility index (Phi) is 8.05. The van der Waals surface area contributed by atoms with Gasteiger partial charge < -0.3 is 14.6 Å². The summed E-state index contributed by atoms with van der Waals surface area (Å²) >= 11 is 0. The molecule has 0 spiro atoms. The Bertz CT molecular complexity index is 477. The molecule has 0 saturated carbocycles. The number of hydrogen-bond donors (Lipinski definition) is 1. The third-order valence-electron chi connectivity index (χ3n) is 3.20. The fraction of sp³-hybridized carbons (Fsp3) is 0.647. The summed E-state index contributed by atoms with van der Waals surface area (Å²) in [7, 11) is 1.58. The largest absolute Gasteiger partial charge is 0.389 e. The van der Waals surface area contributed by atoms with Crippen LogP contribution in [0.15, 0.2) is 18.2 Å². The second-order valence-corrected chi connectivity index (χ2v) is 6.54. The summed E-state index contributed by atoms with van der Waals surface area (Å²) in [5.41, 5.74) is 0.0490. The maximum absolute atomic E-state index is 13.8. The molecule has 0 radical (unpaired) electrons. The molecule has 0 amide bonds. The number of methoxy groups -OCH3 is 1. The number of hydrogen-bond acceptors (Lipinski definition) is 4. The van der Waals surface area contributed by atoms with E-state index in [9.17, 15) is 13.9 Å². The first-order valence-electron chi connectivity index (χ1n) is 7.68. The van der Waals surface area contributed by atoms with Gasteiger partial charge >= 0.3 is 0 Å². The van der Waals surface area contributed by atoms with E-state index in [-0.39, 0.29) is 18.8 Å². The van der Waals surface area contributed by atoms with Gasteiger partial charge in [0.2, 0.25) is 0 Å². The molecule has 1 N–H and O–H groups in total. The fourth-order valence-corrected chi connectivity index (χ4v) is 2.04. The molecule has 0 fully saturated rings. The van der Waals surface area contributed by atoms with Gasteiger partial charge in [-0.2, -0.15) is 0 Å². The van der Waals surface area contributed by atoms with Gasteiger partial charge in [-0.25, -0.2) is 8.78 Å². The molecular formula is C17H27F2NO3. The highest BCUT2D eigenvalue weighted by atomic mass is 19.1. The Hall–Kier alpha value is -1.08. The zero-order chi connectivity index (χ0) is 17.5. The Morgan fingerprint density at radius 3 is 2.52 bits per heavy atom. The van der Waals surface area contributed by atoms with Crippen LogP contribution in [0.3, 0.4) is 0 Å². The molecule has 0 saturated heterocycles. The molecular weight excluding hydrogens is 304 g/mol. The van der Waals surface area contributed by atoms with E-state index in [0.29, 0.717) is 25.3 Å². The molecule has 0 bridgehead atoms. The fourth-order valence-electron chi connectivity index (χ4n) is 2.04. The number of nitrogens with zero attached hydrogens (tertiary/aromatic N) is 1. The highest BCUT2D eigenvalue weighted by Gasteiger charge is 2.17. The van der Waals surface area contributed by atoms with Gasteiger partial charge in [0.25, 0.3) is 0 Å². The number of aliphatic hydroxyl groups excluding tert-OH is 1. The molecule has 0 aliphatic carbocycles. The first-order chi connectivity index (χ1) is 10.7. The van der Waals surface area contributed by atoms with Gasteiger partial charge in [0, 0.05) is 38.4 Å². The summed E-state index contributed by atoms with van der Waals surface area (Å²) in [6, 6.07) is 3.51. The minimum Gasteiger partial charge on any atom is -0.389 e. The van der Waals surface area contributed by atoms with Crippen LogP contribution in [0.5, 0.6) is 0 Å². The summed E-state index contributed by atoms with van der Waals surface area (Å²) < 4.78 is 37.4. The lowest BCUT2D eigenvalue weighted by Crippen LogP contribution is -2.38. The van der Waals surface area contributed by atoms with Gasteiger partial charge in [0.15, 0.2) is 0 Å². The maximum Gasteiger partial charge on any atom is 0.130 e. The lowest BCUT2D eigenvalue weighted by atomic mass is 10.1. The van der Waals surface area contributed by atoms with Crippen molar-refractivity contribution in [3.8, 4) is 0 Å². The van der Waals surface area contributed by atoms with Crippen molar-refractivity contribution < 1.29 is 23.4 Å². The first-order valence-corrected chi connectivity index (χ1v) is 7.68. The average Bonchev–Trinajstić information content (AvgIpc) is 2.44. The second kappa shape index (κ2) is 9.27. The van der Waals surface area contributed by atoms with Crippen LogP contribution in [-0.4, -0.2) is 55.1 Å². The van der Waals surface area contributed by atoms with Gasteiger partial charge in [-0.05, 0) is 26.8 Å². The molecule has 1 atom stereocenters. The van der Waals surface area contributed by atoms with Crippen molar-refractivity contribution in [2.24, 2.45) is 0 Å². The zero-order valence-electron chi connectivity index (χ0n) is 14.3. The highest BCUT2D eigenvalue weighted by Crippen LogP contribution is 2.13. The molecule has 1 aromatic carbocycles. The molecule has 132 valence electrons. The van der Waals surface area contributed by atoms with E-state index in [1.807, 2.05) is 25.7 Å². The third kappa shape index (κ3) is 8.37. The van der Waals surface area contributed by atoms with Crippen LogP contribution in [0.2, 0.25) is 0 Å². The lowest BCUT2D eigenvalue weighted by molar-refractivity contribution is -0.0577. The number of ether oxygens (including phenoxy) is 2. The van der Waals surface area contributed by atoms with E-state index in [2.05, 4.69) is 0 Å². The van der Waals surface area contributed by atoms with Crippen molar-refractivity contribution in [1.82, 2.24) is 4.90 Å². The van der Waals surface area contributed by atoms with Crippen molar-refractivity contribution in [3.63, 3.8) is 0 Å². The van der Waals surface area contributed by atoms with Gasteiger partial charge in [0.05, 0.1) is 24.9 Å². The third-order valence-corrected chi connectivity index (χ3v) is 3.20. The molecule has 4 nitrogen and oxygen atoms in total. The SMILES string of the molecule is COCCN(Cc1ccc(F)cc1F)CC(O)COC(C)(C)C. The molecule has 6 heteroatoms. The molecule has 0 aliphatic heterocycles. The van der Waals surface area contributed by atoms with Gasteiger partial charge in [-0.3, -0.25) is 4.90 Å². The van der Waals surface area contributed by atoms with E-state index < -0.39 is 17.7 Å². The smallest absolute Gasteiger partial charge is 0.130 e. The van der Waals surface area contributed by atoms with E-state index in [4.69, 9.17) is 9.47 Å². The van der Waals surface area contributed by atoms with Crippen LogP contribution in [-0.2, 0) is 16.0 Å². The lowest BCUT2D eigenvalue weighted by Gasteiger charge is -2.27. The topological polar surface area (TPSA) is 41.9 Å². The standard InChI is InChI=1S/C17H27F2NO3/c1-17(2,3)23-12-15(21)11-20(7-8-22-4)10-13-5-6-14(18)9-16(13)19/h5-6,9,15,21H,7-8,10-12H2,1-4H3. The Morgan fingerprint density at radius 1 is 1.26 bits per heavy atom. The Balaban J connectivity index is 2.64. The van der Waals surface area contributed by atoms with E-state index in [1.165, 1.54) is 12.1 Å². The predicted molar refractivity (Wildman–Crippen MR) is 85.2 cm³/mol. The Labute approximate surface area is 137 Å². The quantitative estimate of drug-likeness (QED) is 0.755. The van der Waals surface area contributed by atoms with Gasteiger partial charge in [0.1, 0.15) is 11.6 Å². The number of benzene rings is 1. The zero-order valence-corrected chi connectivity index (χ0v) is 14.3. The van der Waals surface area contributed by atoms with Crippen molar-refractivity contribution in [2.45, 2.75) is 39.0 Å². The van der Waals surface area contributed by atoms with Gasteiger partial charge in [-0.1, -0.05) is 6.07 Å². The average molecular weight is 331 g/mol. The first kappa shape index (κ1) is 20.0. The van der Waals surface area contributed by atoms with Crippen molar-refractivity contribution in [3.05, 3.63) is 35.4 Å². The minimum absolute atomic E-state index is 0.193. The molecule has 0 aliphatic rings. The van der Waals surface area contributed by atoms with Crippen LogP contribution < -0.4 is 0 Å². The predicted octanol–water partition coefficient (Wildman–Crippen LogP) is 2.59. The molecule has 1 aromatic rings. The van der Waals surface area contributed by atoms with Crippen LogP contribution in [0, 0.1) is 11.6 Å². The van der Waals surface area contributed by atoms with Crippen LogP contribution in [0.25, 0.3) is 0 Å². The van der Waals surface area contributed by atoms with E-state index in [0.717, 1.165) is 6.07 Å². The van der Waals surface area contributed by atoms with Crippen molar-refractivity contribution >= 4 is 0 Å². The number of halogens is 2. The second-order valence-electron chi connectivity index (χ2n) is 6.54. The normalized spacial score (nSPS) is 13.6. The Morgan fingerprint density at radius 2 is 1.96 bits per heavy atom. The summed E-state index contributed by atoms with van der Waals surface area (Å²) in [4.78, 5) is 1.86. The summed E-state index contributed by atoms with van der Waals surface area (Å²) in [6.07, 6.45) is -0.699. The minimum atomic E-state index is -0.699. The molecule has 23 heavy (non-hydrogen) atoms. The molecule has 0 aromatic heterocycles. The number of aliphatic hydroxyl groups is 1. The maximum atomic E-state index is 13.8. The summed E-state index contributed by atoms with van der Waals surface area (Å²) in [6.45, 7) is 7.50. The van der Waals surface area contributed by atoms with Crippen LogP contribution >= 0.6 is 0 Å². The van der Waals surface area contributed by atoms with E-state index in [1.54, 1.807) is 7.11 Å². The van der Waals surface area contributed by atoms with Crippen LogP contribution in [0.1, 0.15) is 26.3 Å². The number of rotatable bonds is 9. The van der Waals surface area contributed by atoms with Gasteiger partial charge in [-0.15, -0.1) is 0 Å². The van der Waals surface area contributed by atoms with Crippen molar-refractivity contribution in [1.29, 1.82) is 0 Å². The summed E-state index contributed by atoms with van der Waals surface area (Å²) in [5, 5.41) is 10.1. The highest BCUT2D eigenvalue weighted by molar-refractivity contribution is 5.18. The summed E-state index contributed by atoms with van der Waals surface area (Å²) in [5.74, 6) is -1.19. The molecule has 1 rings (SSSR count). The van der Waals surface area contributed by atoms with Crippen LogP contribution in [0.4, 0.5) is 8.78 Å². The van der Waals surface area contributed by atoms with Crippen molar-refractivity contribution in [2.75, 3.05) is 33.4 Å². The monoisotopic (exact) mass is 331 g/mol. The molecule has 1 unspecified atom stereocenters.